The maximum atomic E-state index is 11.6. The summed E-state index contributed by atoms with van der Waals surface area (Å²) in [5, 5.41) is 4.19. The van der Waals surface area contributed by atoms with Crippen LogP contribution in [0.1, 0.15) is 37.2 Å². The van der Waals surface area contributed by atoms with Crippen molar-refractivity contribution in [1.29, 1.82) is 0 Å². The Labute approximate surface area is 99.0 Å². The van der Waals surface area contributed by atoms with E-state index in [2.05, 4.69) is 17.2 Å². The molecule has 4 nitrogen and oxygen atoms in total. The minimum absolute atomic E-state index is 0.335. The summed E-state index contributed by atoms with van der Waals surface area (Å²) in [4.78, 5) is 15.6. The third kappa shape index (κ3) is 2.35. The molecule has 1 aliphatic rings. The van der Waals surface area contributed by atoms with E-state index in [1.165, 1.54) is 24.2 Å². The van der Waals surface area contributed by atoms with Crippen LogP contribution in [0.15, 0.2) is 5.51 Å². The van der Waals surface area contributed by atoms with Gasteiger partial charge in [0.15, 0.2) is 5.69 Å². The molecule has 2 rings (SSSR count). The first kappa shape index (κ1) is 11.4. The number of nitrogens with one attached hydrogen (secondary N) is 1. The van der Waals surface area contributed by atoms with Gasteiger partial charge >= 0.3 is 5.97 Å². The monoisotopic (exact) mass is 240 g/mol. The second-order valence-corrected chi connectivity index (χ2v) is 5.02. The van der Waals surface area contributed by atoms with Crippen LogP contribution < -0.4 is 5.32 Å². The van der Waals surface area contributed by atoms with Crippen LogP contribution in [0, 0.1) is 5.92 Å². The van der Waals surface area contributed by atoms with Crippen LogP contribution in [0.25, 0.3) is 0 Å². The molecule has 0 amide bonds. The lowest BCUT2D eigenvalue weighted by molar-refractivity contribution is 0.0521. The summed E-state index contributed by atoms with van der Waals surface area (Å²) >= 11 is 1.46. The Balaban J connectivity index is 1.99. The van der Waals surface area contributed by atoms with Gasteiger partial charge in [0.2, 0.25) is 0 Å². The maximum Gasteiger partial charge on any atom is 0.360 e. The van der Waals surface area contributed by atoms with Crippen LogP contribution in [-0.4, -0.2) is 23.6 Å². The van der Waals surface area contributed by atoms with Crippen molar-refractivity contribution in [2.75, 3.05) is 11.9 Å². The molecule has 1 aliphatic carbocycles. The average Bonchev–Trinajstić information content (AvgIpc) is 2.64. The van der Waals surface area contributed by atoms with Gasteiger partial charge in [-0.1, -0.05) is 6.92 Å². The maximum absolute atomic E-state index is 11.6. The van der Waals surface area contributed by atoms with E-state index < -0.39 is 0 Å². The highest BCUT2D eigenvalue weighted by Gasteiger charge is 2.27. The minimum Gasteiger partial charge on any atom is -0.461 e. The van der Waals surface area contributed by atoms with Crippen molar-refractivity contribution in [3.05, 3.63) is 11.2 Å². The molecule has 1 aromatic rings. The van der Waals surface area contributed by atoms with Crippen molar-refractivity contribution < 1.29 is 9.53 Å². The molecule has 0 atom stereocenters. The third-order valence-electron chi connectivity index (χ3n) is 2.75. The summed E-state index contributed by atoms with van der Waals surface area (Å²) in [5.74, 6) is 0.454. The molecule has 16 heavy (non-hydrogen) atoms. The molecule has 0 bridgehead atoms. The van der Waals surface area contributed by atoms with E-state index in [1.54, 1.807) is 12.4 Å². The Kier molecular flexibility index (Phi) is 3.43. The van der Waals surface area contributed by atoms with Gasteiger partial charge in [0, 0.05) is 6.04 Å². The number of anilines is 1. The summed E-state index contributed by atoms with van der Waals surface area (Å²) in [7, 11) is 0. The first-order valence-electron chi connectivity index (χ1n) is 5.57. The Morgan fingerprint density at radius 1 is 1.69 bits per heavy atom. The van der Waals surface area contributed by atoms with Crippen LogP contribution in [-0.2, 0) is 4.74 Å². The normalized spacial score (nSPS) is 23.6. The topological polar surface area (TPSA) is 51.2 Å². The van der Waals surface area contributed by atoms with Crippen molar-refractivity contribution >= 4 is 22.3 Å². The molecule has 0 spiro atoms. The summed E-state index contributed by atoms with van der Waals surface area (Å²) in [6.45, 7) is 4.42. The molecule has 88 valence electrons. The van der Waals surface area contributed by atoms with Crippen molar-refractivity contribution in [3.8, 4) is 0 Å². The fourth-order valence-corrected chi connectivity index (χ4v) is 2.64. The number of aromatic nitrogens is 1. The van der Waals surface area contributed by atoms with E-state index in [1.807, 2.05) is 0 Å². The molecular formula is C11H16N2O2S. The number of rotatable bonds is 4. The van der Waals surface area contributed by atoms with Crippen molar-refractivity contribution in [2.45, 2.75) is 32.7 Å². The number of carbonyl (C=O) groups excluding carboxylic acids is 1. The number of esters is 1. The Morgan fingerprint density at radius 3 is 3.06 bits per heavy atom. The Hall–Kier alpha value is -1.10. The molecule has 0 aliphatic heterocycles. The van der Waals surface area contributed by atoms with E-state index in [-0.39, 0.29) is 5.97 Å². The van der Waals surface area contributed by atoms with E-state index in [0.717, 1.165) is 10.9 Å². The number of thiazole rings is 1. The number of nitrogens with zero attached hydrogens (tertiary/aromatic N) is 1. The molecule has 0 radical (unpaired) electrons. The van der Waals surface area contributed by atoms with Crippen molar-refractivity contribution in [1.82, 2.24) is 4.98 Å². The highest BCUT2D eigenvalue weighted by atomic mass is 32.1. The highest BCUT2D eigenvalue weighted by molar-refractivity contribution is 7.14. The molecule has 0 unspecified atom stereocenters. The fourth-order valence-electron chi connectivity index (χ4n) is 1.90. The second-order valence-electron chi connectivity index (χ2n) is 4.17. The lowest BCUT2D eigenvalue weighted by Gasteiger charge is -2.33. The van der Waals surface area contributed by atoms with Crippen molar-refractivity contribution in [2.24, 2.45) is 5.92 Å². The van der Waals surface area contributed by atoms with Gasteiger partial charge in [0.1, 0.15) is 5.00 Å². The number of ether oxygens (including phenoxy) is 1. The van der Waals surface area contributed by atoms with Crippen LogP contribution in [0.3, 0.4) is 0 Å². The largest absolute Gasteiger partial charge is 0.461 e. The van der Waals surface area contributed by atoms with Crippen LogP contribution in [0.2, 0.25) is 0 Å². The minimum atomic E-state index is -0.335. The zero-order valence-corrected chi connectivity index (χ0v) is 10.3. The Morgan fingerprint density at radius 2 is 2.44 bits per heavy atom. The molecule has 1 heterocycles. The Bertz CT molecular complexity index is 372. The summed E-state index contributed by atoms with van der Waals surface area (Å²) in [6.07, 6.45) is 2.33. The smallest absolute Gasteiger partial charge is 0.360 e. The molecule has 1 N–H and O–H groups in total. The van der Waals surface area contributed by atoms with Crippen LogP contribution >= 0.6 is 11.3 Å². The van der Waals surface area contributed by atoms with E-state index >= 15 is 0 Å². The van der Waals surface area contributed by atoms with Crippen molar-refractivity contribution in [3.63, 3.8) is 0 Å². The summed E-state index contributed by atoms with van der Waals surface area (Å²) in [6, 6.07) is 0.489. The summed E-state index contributed by atoms with van der Waals surface area (Å²) in [5.41, 5.74) is 2.10. The molecule has 5 heteroatoms. The first-order chi connectivity index (χ1) is 7.70. The quantitative estimate of drug-likeness (QED) is 0.822. The summed E-state index contributed by atoms with van der Waals surface area (Å²) < 4.78 is 4.95. The SMILES string of the molecule is CCOC(=O)c1ncsc1NC1CC(C)C1. The van der Waals surface area contributed by atoms with Gasteiger partial charge in [0.25, 0.3) is 0 Å². The van der Waals surface area contributed by atoms with Gasteiger partial charge in [-0.15, -0.1) is 11.3 Å². The lowest BCUT2D eigenvalue weighted by atomic mass is 9.82. The van der Waals surface area contributed by atoms with Gasteiger partial charge in [-0.25, -0.2) is 9.78 Å². The zero-order valence-electron chi connectivity index (χ0n) is 9.53. The average molecular weight is 240 g/mol. The second kappa shape index (κ2) is 4.82. The van der Waals surface area contributed by atoms with E-state index in [0.29, 0.717) is 18.3 Å². The van der Waals surface area contributed by atoms with Gasteiger partial charge in [0.05, 0.1) is 12.1 Å². The molecule has 0 saturated heterocycles. The lowest BCUT2D eigenvalue weighted by Crippen LogP contribution is -2.34. The van der Waals surface area contributed by atoms with Gasteiger partial charge in [-0.2, -0.15) is 0 Å². The van der Waals surface area contributed by atoms with Gasteiger partial charge in [-0.05, 0) is 25.7 Å². The fraction of sp³-hybridized carbons (Fsp3) is 0.636. The van der Waals surface area contributed by atoms with Crippen LogP contribution in [0.4, 0.5) is 5.00 Å². The number of hydrogen-bond donors (Lipinski definition) is 1. The van der Waals surface area contributed by atoms with Crippen LogP contribution in [0.5, 0.6) is 0 Å². The van der Waals surface area contributed by atoms with Gasteiger partial charge in [-0.3, -0.25) is 0 Å². The van der Waals surface area contributed by atoms with E-state index in [4.69, 9.17) is 4.74 Å². The predicted molar refractivity (Wildman–Crippen MR) is 63.9 cm³/mol. The molecule has 1 fully saturated rings. The molecule has 0 aromatic carbocycles. The first-order valence-corrected chi connectivity index (χ1v) is 6.45. The highest BCUT2D eigenvalue weighted by Crippen LogP contribution is 2.32. The standard InChI is InChI=1S/C11H16N2O2S/c1-3-15-11(14)9-10(16-6-12-9)13-8-4-7(2)5-8/h6-8,13H,3-5H2,1-2H3. The van der Waals surface area contributed by atoms with Gasteiger partial charge < -0.3 is 10.1 Å². The number of hydrogen-bond acceptors (Lipinski definition) is 5. The number of carbonyl (C=O) groups is 1. The third-order valence-corrected chi connectivity index (χ3v) is 3.50. The van der Waals surface area contributed by atoms with E-state index in [9.17, 15) is 4.79 Å². The zero-order chi connectivity index (χ0) is 11.5. The molecule has 1 saturated carbocycles. The molecular weight excluding hydrogens is 224 g/mol. The molecule has 1 aromatic heterocycles. The predicted octanol–water partition coefficient (Wildman–Crippen LogP) is 2.53.